The van der Waals surface area contributed by atoms with E-state index in [4.69, 9.17) is 0 Å². The molecule has 1 atom stereocenters. The van der Waals surface area contributed by atoms with Gasteiger partial charge in [-0.15, -0.1) is 0 Å². The Hall–Kier alpha value is -1.19. The van der Waals surface area contributed by atoms with Crippen LogP contribution in [0, 0.1) is 5.82 Å². The van der Waals surface area contributed by atoms with Gasteiger partial charge in [0.05, 0.1) is 0 Å². The summed E-state index contributed by atoms with van der Waals surface area (Å²) >= 11 is 3.46. The van der Waals surface area contributed by atoms with E-state index in [2.05, 4.69) is 40.3 Å². The Labute approximate surface area is 115 Å². The second-order valence-corrected chi connectivity index (χ2v) is 5.20. The third-order valence-electron chi connectivity index (χ3n) is 2.87. The summed E-state index contributed by atoms with van der Waals surface area (Å²) < 4.78 is 13.8. The number of hydrogen-bond acceptors (Lipinski definition) is 1. The number of halogens is 2. The molecule has 0 fully saturated rings. The first-order valence-electron chi connectivity index (χ1n) is 5.88. The van der Waals surface area contributed by atoms with E-state index in [9.17, 15) is 4.39 Å². The molecule has 0 amide bonds. The predicted molar refractivity (Wildman–Crippen MR) is 75.8 cm³/mol. The number of benzene rings is 2. The summed E-state index contributed by atoms with van der Waals surface area (Å²) in [4.78, 5) is 0. The van der Waals surface area contributed by atoms with Crippen molar-refractivity contribution in [2.24, 2.45) is 0 Å². The fraction of sp³-hybridized carbons (Fsp3) is 0.200. The molecule has 0 aliphatic carbocycles. The topological polar surface area (TPSA) is 12.0 Å². The van der Waals surface area contributed by atoms with Gasteiger partial charge in [-0.1, -0.05) is 40.2 Å². The van der Waals surface area contributed by atoms with Crippen LogP contribution in [-0.2, 0) is 6.54 Å². The highest BCUT2D eigenvalue weighted by molar-refractivity contribution is 9.10. The summed E-state index contributed by atoms with van der Waals surface area (Å²) in [5.41, 5.74) is 2.31. The molecule has 1 nitrogen and oxygen atoms in total. The third-order valence-corrected chi connectivity index (χ3v) is 3.37. The number of hydrogen-bond donors (Lipinski definition) is 1. The lowest BCUT2D eigenvalue weighted by Crippen LogP contribution is -2.18. The largest absolute Gasteiger partial charge is 0.306 e. The Kier molecular flexibility index (Phi) is 4.50. The minimum atomic E-state index is -0.196. The molecule has 1 N–H and O–H groups in total. The van der Waals surface area contributed by atoms with Gasteiger partial charge in [-0.2, -0.15) is 0 Å². The normalized spacial score (nSPS) is 12.4. The maximum atomic E-state index is 12.8. The third kappa shape index (κ3) is 3.65. The van der Waals surface area contributed by atoms with E-state index < -0.39 is 0 Å². The summed E-state index contributed by atoms with van der Waals surface area (Å²) in [6, 6.07) is 15.1. The van der Waals surface area contributed by atoms with Crippen LogP contribution in [0.1, 0.15) is 24.1 Å². The number of nitrogens with one attached hydrogen (secondary N) is 1. The van der Waals surface area contributed by atoms with E-state index in [0.29, 0.717) is 0 Å². The molecule has 0 spiro atoms. The van der Waals surface area contributed by atoms with Crippen molar-refractivity contribution in [3.05, 3.63) is 69.9 Å². The van der Waals surface area contributed by atoms with E-state index in [1.807, 2.05) is 12.1 Å². The van der Waals surface area contributed by atoms with Crippen molar-refractivity contribution >= 4 is 15.9 Å². The Bertz CT molecular complexity index is 510. The van der Waals surface area contributed by atoms with Gasteiger partial charge in [0.2, 0.25) is 0 Å². The highest BCUT2D eigenvalue weighted by Gasteiger charge is 2.05. The van der Waals surface area contributed by atoms with E-state index in [1.165, 1.54) is 17.7 Å². The van der Waals surface area contributed by atoms with Crippen molar-refractivity contribution in [2.45, 2.75) is 19.5 Å². The van der Waals surface area contributed by atoms with Crippen molar-refractivity contribution in [1.29, 1.82) is 0 Å². The summed E-state index contributed by atoms with van der Waals surface area (Å²) in [5.74, 6) is -0.196. The smallest absolute Gasteiger partial charge is 0.123 e. The van der Waals surface area contributed by atoms with Gasteiger partial charge in [-0.05, 0) is 42.3 Å². The molecule has 0 aromatic heterocycles. The molecule has 0 heterocycles. The average Bonchev–Trinajstić information content (AvgIpc) is 2.38. The van der Waals surface area contributed by atoms with E-state index in [1.54, 1.807) is 12.1 Å². The lowest BCUT2D eigenvalue weighted by molar-refractivity contribution is 0.572. The molecule has 3 heteroatoms. The van der Waals surface area contributed by atoms with E-state index in [0.717, 1.165) is 16.6 Å². The summed E-state index contributed by atoms with van der Waals surface area (Å²) in [6.45, 7) is 2.85. The molecular formula is C15H15BrFN. The molecular weight excluding hydrogens is 293 g/mol. The van der Waals surface area contributed by atoms with Gasteiger partial charge in [0.15, 0.2) is 0 Å². The second kappa shape index (κ2) is 6.12. The maximum absolute atomic E-state index is 12.8. The lowest BCUT2D eigenvalue weighted by atomic mass is 10.1. The van der Waals surface area contributed by atoms with Crippen molar-refractivity contribution in [3.63, 3.8) is 0 Å². The Morgan fingerprint density at radius 3 is 2.56 bits per heavy atom. The van der Waals surface area contributed by atoms with Crippen LogP contribution in [0.25, 0.3) is 0 Å². The summed E-state index contributed by atoms with van der Waals surface area (Å²) in [6.07, 6.45) is 0. The molecule has 1 unspecified atom stereocenters. The molecule has 0 saturated heterocycles. The van der Waals surface area contributed by atoms with Gasteiger partial charge in [-0.25, -0.2) is 4.39 Å². The summed E-state index contributed by atoms with van der Waals surface area (Å²) in [7, 11) is 0. The van der Waals surface area contributed by atoms with Gasteiger partial charge in [0.25, 0.3) is 0 Å². The van der Waals surface area contributed by atoms with Crippen molar-refractivity contribution in [2.75, 3.05) is 0 Å². The standard InChI is InChI=1S/C15H15BrFN/c1-11(13-3-2-4-14(16)9-13)18-10-12-5-7-15(17)8-6-12/h2-9,11,18H,10H2,1H3. The molecule has 0 aliphatic heterocycles. The maximum Gasteiger partial charge on any atom is 0.123 e. The van der Waals surface area contributed by atoms with Gasteiger partial charge >= 0.3 is 0 Å². The highest BCUT2D eigenvalue weighted by Crippen LogP contribution is 2.18. The average molecular weight is 308 g/mol. The fourth-order valence-corrected chi connectivity index (χ4v) is 2.18. The van der Waals surface area contributed by atoms with E-state index in [-0.39, 0.29) is 11.9 Å². The van der Waals surface area contributed by atoms with Crippen LogP contribution in [0.15, 0.2) is 53.0 Å². The van der Waals surface area contributed by atoms with Crippen molar-refractivity contribution in [1.82, 2.24) is 5.32 Å². The zero-order chi connectivity index (χ0) is 13.0. The second-order valence-electron chi connectivity index (χ2n) is 4.28. The molecule has 0 saturated carbocycles. The van der Waals surface area contributed by atoms with E-state index >= 15 is 0 Å². The SMILES string of the molecule is CC(NCc1ccc(F)cc1)c1cccc(Br)c1. The zero-order valence-corrected chi connectivity index (χ0v) is 11.7. The number of rotatable bonds is 4. The van der Waals surface area contributed by atoms with Crippen LogP contribution in [0.4, 0.5) is 4.39 Å². The monoisotopic (exact) mass is 307 g/mol. The van der Waals surface area contributed by atoms with Crippen LogP contribution in [-0.4, -0.2) is 0 Å². The molecule has 18 heavy (non-hydrogen) atoms. The molecule has 0 bridgehead atoms. The van der Waals surface area contributed by atoms with Crippen LogP contribution < -0.4 is 5.32 Å². The van der Waals surface area contributed by atoms with Crippen molar-refractivity contribution < 1.29 is 4.39 Å². The zero-order valence-electron chi connectivity index (χ0n) is 10.2. The minimum Gasteiger partial charge on any atom is -0.306 e. The van der Waals surface area contributed by atoms with Gasteiger partial charge < -0.3 is 5.32 Å². The van der Waals surface area contributed by atoms with Crippen LogP contribution in [0.3, 0.4) is 0 Å². The van der Waals surface area contributed by atoms with Gasteiger partial charge in [-0.3, -0.25) is 0 Å². The fourth-order valence-electron chi connectivity index (χ4n) is 1.77. The quantitative estimate of drug-likeness (QED) is 0.880. The molecule has 0 radical (unpaired) electrons. The molecule has 2 rings (SSSR count). The summed E-state index contributed by atoms with van der Waals surface area (Å²) in [5, 5.41) is 3.42. The predicted octanol–water partition coefficient (Wildman–Crippen LogP) is 4.44. The molecule has 2 aromatic rings. The van der Waals surface area contributed by atoms with Crippen molar-refractivity contribution in [3.8, 4) is 0 Å². The van der Waals surface area contributed by atoms with Gasteiger partial charge in [0, 0.05) is 17.1 Å². The molecule has 0 aliphatic rings. The Morgan fingerprint density at radius 2 is 1.89 bits per heavy atom. The van der Waals surface area contributed by atoms with Gasteiger partial charge in [0.1, 0.15) is 5.82 Å². The van der Waals surface area contributed by atoms with Crippen LogP contribution >= 0.6 is 15.9 Å². The Balaban J connectivity index is 1.96. The minimum absolute atomic E-state index is 0.196. The first-order valence-corrected chi connectivity index (χ1v) is 6.68. The Morgan fingerprint density at radius 1 is 1.17 bits per heavy atom. The van der Waals surface area contributed by atoms with Crippen LogP contribution in [0.2, 0.25) is 0 Å². The first-order chi connectivity index (χ1) is 8.65. The van der Waals surface area contributed by atoms with Crippen LogP contribution in [0.5, 0.6) is 0 Å². The first kappa shape index (κ1) is 13.2. The highest BCUT2D eigenvalue weighted by atomic mass is 79.9. The molecule has 2 aromatic carbocycles. The molecule has 94 valence electrons. The lowest BCUT2D eigenvalue weighted by Gasteiger charge is -2.14.